The van der Waals surface area contributed by atoms with Crippen molar-refractivity contribution >= 4 is 17.1 Å². The first kappa shape index (κ1) is 15.7. The third-order valence-electron chi connectivity index (χ3n) is 3.98. The summed E-state index contributed by atoms with van der Waals surface area (Å²) in [7, 11) is 0. The van der Waals surface area contributed by atoms with Crippen molar-refractivity contribution in [2.75, 3.05) is 13.2 Å². The second-order valence-corrected chi connectivity index (χ2v) is 7.10. The molecule has 1 atom stereocenters. The van der Waals surface area contributed by atoms with E-state index in [0.717, 1.165) is 37.4 Å². The summed E-state index contributed by atoms with van der Waals surface area (Å²) in [5.74, 6) is 0.163. The lowest BCUT2D eigenvalue weighted by atomic mass is 9.92. The molecule has 1 saturated heterocycles. The number of nitrogens with zero attached hydrogens (tertiary/aromatic N) is 1. The number of hydrogen-bond acceptors (Lipinski definition) is 4. The van der Waals surface area contributed by atoms with Crippen molar-refractivity contribution in [2.45, 2.75) is 58.7 Å². The molecule has 4 heteroatoms. The first-order valence-electron chi connectivity index (χ1n) is 7.37. The molecule has 1 aliphatic heterocycles. The van der Waals surface area contributed by atoms with Gasteiger partial charge >= 0.3 is 0 Å². The van der Waals surface area contributed by atoms with Crippen LogP contribution in [0.25, 0.3) is 0 Å². The van der Waals surface area contributed by atoms with Gasteiger partial charge in [-0.1, -0.05) is 6.92 Å². The van der Waals surface area contributed by atoms with Gasteiger partial charge in [0.25, 0.3) is 0 Å². The SMILES string of the molecule is CCN(Cc1csc(C(C)=O)c1)C1CCOC(C)(C)C1. The minimum absolute atomic E-state index is 0.0183. The molecule has 0 saturated carbocycles. The highest BCUT2D eigenvalue weighted by molar-refractivity contribution is 7.12. The lowest BCUT2D eigenvalue weighted by Crippen LogP contribution is -2.45. The van der Waals surface area contributed by atoms with Gasteiger partial charge in [0.1, 0.15) is 0 Å². The zero-order chi connectivity index (χ0) is 14.8. The van der Waals surface area contributed by atoms with Crippen LogP contribution >= 0.6 is 11.3 Å². The smallest absolute Gasteiger partial charge is 0.169 e. The predicted octanol–water partition coefficient (Wildman–Crippen LogP) is 3.73. The van der Waals surface area contributed by atoms with Crippen LogP contribution in [0.1, 0.15) is 55.8 Å². The van der Waals surface area contributed by atoms with Crippen LogP contribution in [0.2, 0.25) is 0 Å². The van der Waals surface area contributed by atoms with Crippen LogP contribution in [0, 0.1) is 0 Å². The number of carbonyl (C=O) groups is 1. The molecule has 20 heavy (non-hydrogen) atoms. The summed E-state index contributed by atoms with van der Waals surface area (Å²) < 4.78 is 5.81. The first-order valence-corrected chi connectivity index (χ1v) is 8.25. The monoisotopic (exact) mass is 295 g/mol. The summed E-state index contributed by atoms with van der Waals surface area (Å²) in [6, 6.07) is 2.62. The van der Waals surface area contributed by atoms with E-state index in [1.807, 2.05) is 6.07 Å². The van der Waals surface area contributed by atoms with Gasteiger partial charge in [-0.05, 0) is 57.2 Å². The molecule has 0 radical (unpaired) electrons. The normalized spacial score (nSPS) is 22.1. The summed E-state index contributed by atoms with van der Waals surface area (Å²) in [5.41, 5.74) is 1.24. The van der Waals surface area contributed by atoms with E-state index in [-0.39, 0.29) is 11.4 Å². The van der Waals surface area contributed by atoms with Gasteiger partial charge < -0.3 is 4.74 Å². The standard InChI is InChI=1S/C16H25NO2S/c1-5-17(14-6-7-19-16(3,4)9-14)10-13-8-15(12(2)18)20-11-13/h8,11,14H,5-7,9-10H2,1-4H3. The van der Waals surface area contributed by atoms with Crippen LogP contribution in [0.15, 0.2) is 11.4 Å². The maximum absolute atomic E-state index is 11.4. The van der Waals surface area contributed by atoms with Crippen LogP contribution in [0.4, 0.5) is 0 Å². The van der Waals surface area contributed by atoms with E-state index in [1.165, 1.54) is 5.56 Å². The van der Waals surface area contributed by atoms with E-state index < -0.39 is 0 Å². The molecule has 3 nitrogen and oxygen atoms in total. The van der Waals surface area contributed by atoms with Crippen molar-refractivity contribution in [1.29, 1.82) is 0 Å². The van der Waals surface area contributed by atoms with E-state index in [1.54, 1.807) is 18.3 Å². The Balaban J connectivity index is 2.02. The van der Waals surface area contributed by atoms with Crippen LogP contribution < -0.4 is 0 Å². The summed E-state index contributed by atoms with van der Waals surface area (Å²) in [6.45, 7) is 11.0. The van der Waals surface area contributed by atoms with E-state index in [9.17, 15) is 4.79 Å². The molecule has 2 heterocycles. The highest BCUT2D eigenvalue weighted by Gasteiger charge is 2.31. The molecular weight excluding hydrogens is 270 g/mol. The van der Waals surface area contributed by atoms with Crippen molar-refractivity contribution < 1.29 is 9.53 Å². The van der Waals surface area contributed by atoms with Crippen LogP contribution in [0.3, 0.4) is 0 Å². The Labute approximate surface area is 125 Å². The topological polar surface area (TPSA) is 29.5 Å². The van der Waals surface area contributed by atoms with E-state index in [4.69, 9.17) is 4.74 Å². The molecule has 1 unspecified atom stereocenters. The van der Waals surface area contributed by atoms with E-state index in [0.29, 0.717) is 6.04 Å². The number of rotatable bonds is 5. The van der Waals surface area contributed by atoms with Gasteiger partial charge in [0.2, 0.25) is 0 Å². The Hall–Kier alpha value is -0.710. The van der Waals surface area contributed by atoms with Crippen molar-refractivity contribution in [3.8, 4) is 0 Å². The van der Waals surface area contributed by atoms with Gasteiger partial charge in [-0.15, -0.1) is 11.3 Å². The molecule has 1 aromatic rings. The Bertz CT molecular complexity index is 467. The zero-order valence-corrected chi connectivity index (χ0v) is 13.8. The highest BCUT2D eigenvalue weighted by atomic mass is 32.1. The first-order chi connectivity index (χ1) is 9.41. The fourth-order valence-electron chi connectivity index (χ4n) is 2.89. The second-order valence-electron chi connectivity index (χ2n) is 6.19. The third kappa shape index (κ3) is 3.90. The zero-order valence-electron chi connectivity index (χ0n) is 12.9. The van der Waals surface area contributed by atoms with Crippen molar-refractivity contribution in [1.82, 2.24) is 4.90 Å². The molecule has 0 spiro atoms. The minimum Gasteiger partial charge on any atom is -0.375 e. The van der Waals surface area contributed by atoms with Crippen molar-refractivity contribution in [3.63, 3.8) is 0 Å². The quantitative estimate of drug-likeness (QED) is 0.775. The number of hydrogen-bond donors (Lipinski definition) is 0. The fourth-order valence-corrected chi connectivity index (χ4v) is 3.69. The maximum atomic E-state index is 11.4. The van der Waals surface area contributed by atoms with Gasteiger partial charge in [0, 0.05) is 19.2 Å². The Kier molecular flexibility index (Phi) is 4.99. The molecular formula is C16H25NO2S. The van der Waals surface area contributed by atoms with Gasteiger partial charge in [0.05, 0.1) is 10.5 Å². The Morgan fingerprint density at radius 1 is 1.55 bits per heavy atom. The van der Waals surface area contributed by atoms with Crippen LogP contribution in [-0.2, 0) is 11.3 Å². The Morgan fingerprint density at radius 3 is 2.85 bits per heavy atom. The van der Waals surface area contributed by atoms with Crippen molar-refractivity contribution in [3.05, 3.63) is 21.9 Å². The number of thiophene rings is 1. The highest BCUT2D eigenvalue weighted by Crippen LogP contribution is 2.28. The van der Waals surface area contributed by atoms with Crippen LogP contribution in [-0.4, -0.2) is 35.5 Å². The molecule has 1 fully saturated rings. The van der Waals surface area contributed by atoms with E-state index in [2.05, 4.69) is 31.1 Å². The predicted molar refractivity (Wildman–Crippen MR) is 83.5 cm³/mol. The average molecular weight is 295 g/mol. The average Bonchev–Trinajstić information content (AvgIpc) is 2.83. The van der Waals surface area contributed by atoms with Gasteiger partial charge in [-0.25, -0.2) is 0 Å². The summed E-state index contributed by atoms with van der Waals surface area (Å²) in [4.78, 5) is 14.8. The number of Topliss-reactive ketones (excluding diaryl/α,β-unsaturated/α-hetero) is 1. The summed E-state index contributed by atoms with van der Waals surface area (Å²) >= 11 is 1.56. The molecule has 0 bridgehead atoms. The van der Waals surface area contributed by atoms with Gasteiger partial charge in [-0.3, -0.25) is 9.69 Å². The molecule has 1 aromatic heterocycles. The van der Waals surface area contributed by atoms with Crippen LogP contribution in [0.5, 0.6) is 0 Å². The molecule has 0 amide bonds. The number of carbonyl (C=O) groups excluding carboxylic acids is 1. The molecule has 112 valence electrons. The van der Waals surface area contributed by atoms with Crippen molar-refractivity contribution in [2.24, 2.45) is 0 Å². The number of ketones is 1. The molecule has 0 N–H and O–H groups in total. The largest absolute Gasteiger partial charge is 0.375 e. The lowest BCUT2D eigenvalue weighted by molar-refractivity contribution is -0.0838. The molecule has 1 aliphatic rings. The molecule has 0 aromatic carbocycles. The van der Waals surface area contributed by atoms with Gasteiger partial charge in [-0.2, -0.15) is 0 Å². The summed E-state index contributed by atoms with van der Waals surface area (Å²) in [6.07, 6.45) is 2.17. The fraction of sp³-hybridized carbons (Fsp3) is 0.688. The number of ether oxygens (including phenoxy) is 1. The van der Waals surface area contributed by atoms with E-state index >= 15 is 0 Å². The third-order valence-corrected chi connectivity index (χ3v) is 5.06. The molecule has 0 aliphatic carbocycles. The second kappa shape index (κ2) is 6.37. The Morgan fingerprint density at radius 2 is 2.30 bits per heavy atom. The molecule has 2 rings (SSSR count). The van der Waals surface area contributed by atoms with Gasteiger partial charge in [0.15, 0.2) is 5.78 Å². The minimum atomic E-state index is -0.0183. The maximum Gasteiger partial charge on any atom is 0.169 e. The lowest BCUT2D eigenvalue weighted by Gasteiger charge is -2.41. The summed E-state index contributed by atoms with van der Waals surface area (Å²) in [5, 5.41) is 2.11.